The molecule has 0 atom stereocenters. The van der Waals surface area contributed by atoms with E-state index in [-0.39, 0.29) is 12.5 Å². The summed E-state index contributed by atoms with van der Waals surface area (Å²) in [6, 6.07) is 0. The molecule has 2 fully saturated rings. The fraction of sp³-hybridized carbons (Fsp3) is 0.917. The first-order valence-electron chi connectivity index (χ1n) is 6.63. The van der Waals surface area contributed by atoms with Crippen LogP contribution in [0.25, 0.3) is 0 Å². The summed E-state index contributed by atoms with van der Waals surface area (Å²) in [5.41, 5.74) is 0. The molecule has 2 heterocycles. The van der Waals surface area contributed by atoms with Gasteiger partial charge < -0.3 is 20.3 Å². The number of carbonyl (C=O) groups is 1. The molecular formula is C12H23N3O2. The molecule has 2 rings (SSSR count). The monoisotopic (exact) mass is 241 g/mol. The third kappa shape index (κ3) is 4.26. The van der Waals surface area contributed by atoms with Gasteiger partial charge in [0.25, 0.3) is 0 Å². The molecule has 0 spiro atoms. The van der Waals surface area contributed by atoms with Crippen LogP contribution in [0.2, 0.25) is 0 Å². The Morgan fingerprint density at radius 1 is 1.12 bits per heavy atom. The summed E-state index contributed by atoms with van der Waals surface area (Å²) in [5, 5.41) is 6.56. The van der Waals surface area contributed by atoms with E-state index in [1.807, 2.05) is 4.90 Å². The summed E-state index contributed by atoms with van der Waals surface area (Å²) in [7, 11) is 0. The lowest BCUT2D eigenvalue weighted by atomic mass is 9.99. The van der Waals surface area contributed by atoms with Crippen LogP contribution in [0.1, 0.15) is 12.8 Å². The summed E-state index contributed by atoms with van der Waals surface area (Å²) < 4.78 is 5.55. The summed E-state index contributed by atoms with van der Waals surface area (Å²) >= 11 is 0. The van der Waals surface area contributed by atoms with Gasteiger partial charge in [-0.15, -0.1) is 0 Å². The highest BCUT2D eigenvalue weighted by Gasteiger charge is 2.17. The second-order valence-electron chi connectivity index (χ2n) is 4.84. The van der Waals surface area contributed by atoms with Gasteiger partial charge >= 0.3 is 0 Å². The highest BCUT2D eigenvalue weighted by Crippen LogP contribution is 2.11. The van der Waals surface area contributed by atoms with Crippen molar-refractivity contribution in [2.75, 3.05) is 52.5 Å². The second-order valence-corrected chi connectivity index (χ2v) is 4.84. The smallest absolute Gasteiger partial charge is 0.248 e. The van der Waals surface area contributed by atoms with Gasteiger partial charge in [-0.2, -0.15) is 0 Å². The molecule has 5 nitrogen and oxygen atoms in total. The molecule has 0 aliphatic carbocycles. The average molecular weight is 241 g/mol. The maximum atomic E-state index is 11.8. The first-order valence-corrected chi connectivity index (χ1v) is 6.63. The van der Waals surface area contributed by atoms with Crippen molar-refractivity contribution >= 4 is 5.91 Å². The Hall–Kier alpha value is -0.650. The van der Waals surface area contributed by atoms with Gasteiger partial charge in [0.05, 0.1) is 6.61 Å². The fourth-order valence-corrected chi connectivity index (χ4v) is 2.37. The molecule has 17 heavy (non-hydrogen) atoms. The zero-order valence-corrected chi connectivity index (χ0v) is 10.4. The molecule has 0 radical (unpaired) electrons. The van der Waals surface area contributed by atoms with Gasteiger partial charge in [-0.05, 0) is 31.8 Å². The number of hydrogen-bond acceptors (Lipinski definition) is 4. The molecule has 0 saturated carbocycles. The molecule has 0 aromatic rings. The molecule has 2 N–H and O–H groups in total. The number of ether oxygens (including phenoxy) is 1. The van der Waals surface area contributed by atoms with E-state index in [1.165, 1.54) is 12.8 Å². The van der Waals surface area contributed by atoms with Gasteiger partial charge in [-0.25, -0.2) is 0 Å². The zero-order valence-electron chi connectivity index (χ0n) is 10.4. The van der Waals surface area contributed by atoms with Gasteiger partial charge in [-0.3, -0.25) is 4.79 Å². The molecule has 0 aromatic heterocycles. The summed E-state index contributed by atoms with van der Waals surface area (Å²) in [6.07, 6.45) is 2.34. The van der Waals surface area contributed by atoms with Crippen LogP contribution in [0.15, 0.2) is 0 Å². The lowest BCUT2D eigenvalue weighted by molar-refractivity contribution is -0.137. The second kappa shape index (κ2) is 6.93. The van der Waals surface area contributed by atoms with Crippen molar-refractivity contribution in [1.29, 1.82) is 0 Å². The topological polar surface area (TPSA) is 53.6 Å². The standard InChI is InChI=1S/C12H23N3O2/c16-12(15-7-5-14-6-8-15)10-17-9-11-1-3-13-4-2-11/h11,13-14H,1-10H2. The lowest BCUT2D eigenvalue weighted by Crippen LogP contribution is -2.47. The summed E-state index contributed by atoms with van der Waals surface area (Å²) in [5.74, 6) is 0.771. The van der Waals surface area contributed by atoms with Gasteiger partial charge in [0.2, 0.25) is 5.91 Å². The zero-order chi connectivity index (χ0) is 11.9. The summed E-state index contributed by atoms with van der Waals surface area (Å²) in [4.78, 5) is 13.7. The third-order valence-corrected chi connectivity index (χ3v) is 3.51. The van der Waals surface area contributed by atoms with Gasteiger partial charge in [-0.1, -0.05) is 0 Å². The maximum Gasteiger partial charge on any atom is 0.248 e. The first kappa shape index (κ1) is 12.8. The molecule has 0 bridgehead atoms. The highest BCUT2D eigenvalue weighted by molar-refractivity contribution is 5.77. The number of carbonyl (C=O) groups excluding carboxylic acids is 1. The largest absolute Gasteiger partial charge is 0.371 e. The number of piperidine rings is 1. The van der Waals surface area contributed by atoms with Crippen LogP contribution in [-0.2, 0) is 9.53 Å². The van der Waals surface area contributed by atoms with E-state index < -0.39 is 0 Å². The Morgan fingerprint density at radius 3 is 2.47 bits per heavy atom. The molecule has 2 saturated heterocycles. The molecule has 5 heteroatoms. The Labute approximate surface area is 103 Å². The SMILES string of the molecule is O=C(COCC1CCNCC1)N1CCNCC1. The van der Waals surface area contributed by atoms with E-state index >= 15 is 0 Å². The normalized spacial score (nSPS) is 22.7. The molecule has 98 valence electrons. The van der Waals surface area contributed by atoms with Crippen LogP contribution in [0, 0.1) is 5.92 Å². The highest BCUT2D eigenvalue weighted by atomic mass is 16.5. The molecule has 0 aromatic carbocycles. The Kier molecular flexibility index (Phi) is 5.22. The minimum absolute atomic E-state index is 0.139. The van der Waals surface area contributed by atoms with E-state index in [4.69, 9.17) is 4.74 Å². The van der Waals surface area contributed by atoms with Crippen LogP contribution in [0.4, 0.5) is 0 Å². The van der Waals surface area contributed by atoms with E-state index in [1.54, 1.807) is 0 Å². The van der Waals surface area contributed by atoms with Crippen LogP contribution >= 0.6 is 0 Å². The number of rotatable bonds is 4. The summed E-state index contributed by atoms with van der Waals surface area (Å²) in [6.45, 7) is 6.59. The Bertz CT molecular complexity index is 236. The van der Waals surface area contributed by atoms with Crippen molar-refractivity contribution in [2.45, 2.75) is 12.8 Å². The fourth-order valence-electron chi connectivity index (χ4n) is 2.37. The van der Waals surface area contributed by atoms with Crippen molar-refractivity contribution < 1.29 is 9.53 Å². The van der Waals surface area contributed by atoms with Gasteiger partial charge in [0.15, 0.2) is 0 Å². The van der Waals surface area contributed by atoms with Crippen molar-refractivity contribution in [2.24, 2.45) is 5.92 Å². The van der Waals surface area contributed by atoms with Crippen LogP contribution in [0.3, 0.4) is 0 Å². The number of piperazine rings is 1. The van der Waals surface area contributed by atoms with Gasteiger partial charge in [0.1, 0.15) is 6.61 Å². The predicted octanol–water partition coefficient (Wildman–Crippen LogP) is -0.566. The number of amides is 1. The van der Waals surface area contributed by atoms with Crippen LogP contribution < -0.4 is 10.6 Å². The number of hydrogen-bond donors (Lipinski definition) is 2. The molecule has 2 aliphatic rings. The minimum atomic E-state index is 0.139. The van der Waals surface area contributed by atoms with Crippen molar-refractivity contribution in [3.63, 3.8) is 0 Å². The predicted molar refractivity (Wildman–Crippen MR) is 65.9 cm³/mol. The van der Waals surface area contributed by atoms with Crippen molar-refractivity contribution in [3.05, 3.63) is 0 Å². The van der Waals surface area contributed by atoms with E-state index in [0.29, 0.717) is 5.92 Å². The van der Waals surface area contributed by atoms with Crippen molar-refractivity contribution in [3.8, 4) is 0 Å². The van der Waals surface area contributed by atoms with Crippen LogP contribution in [0.5, 0.6) is 0 Å². The molecule has 0 unspecified atom stereocenters. The first-order chi connectivity index (χ1) is 8.36. The Morgan fingerprint density at radius 2 is 1.76 bits per heavy atom. The maximum absolute atomic E-state index is 11.8. The van der Waals surface area contributed by atoms with E-state index in [0.717, 1.165) is 45.9 Å². The quantitative estimate of drug-likeness (QED) is 0.692. The third-order valence-electron chi connectivity index (χ3n) is 3.51. The molecule has 2 aliphatic heterocycles. The minimum Gasteiger partial charge on any atom is -0.371 e. The Balaban J connectivity index is 1.58. The van der Waals surface area contributed by atoms with Crippen LogP contribution in [-0.4, -0.2) is 63.3 Å². The number of nitrogens with one attached hydrogen (secondary N) is 2. The number of nitrogens with zero attached hydrogens (tertiary/aromatic N) is 1. The average Bonchev–Trinajstić information content (AvgIpc) is 2.41. The van der Waals surface area contributed by atoms with E-state index in [2.05, 4.69) is 10.6 Å². The van der Waals surface area contributed by atoms with Crippen molar-refractivity contribution in [1.82, 2.24) is 15.5 Å². The van der Waals surface area contributed by atoms with Gasteiger partial charge in [0, 0.05) is 26.2 Å². The van der Waals surface area contributed by atoms with E-state index in [9.17, 15) is 4.79 Å². The molecular weight excluding hydrogens is 218 g/mol. The lowest BCUT2D eigenvalue weighted by Gasteiger charge is -2.28. The molecule has 1 amide bonds.